The van der Waals surface area contributed by atoms with E-state index in [4.69, 9.17) is 16.3 Å². The Labute approximate surface area is 133 Å². The molecule has 1 aromatic carbocycles. The maximum Gasteiger partial charge on any atom is 0.326 e. The first-order valence-electron chi connectivity index (χ1n) is 6.85. The monoisotopic (exact) mass is 318 g/mol. The van der Waals surface area contributed by atoms with Gasteiger partial charge in [0.1, 0.15) is 11.6 Å². The Morgan fingerprint density at radius 3 is 2.68 bits per heavy atom. The summed E-state index contributed by atoms with van der Waals surface area (Å²) in [4.78, 5) is 23.8. The van der Waals surface area contributed by atoms with Crippen molar-refractivity contribution in [2.24, 2.45) is 0 Å². The highest BCUT2D eigenvalue weighted by Crippen LogP contribution is 2.21. The molecule has 6 nitrogen and oxygen atoms in total. The second-order valence-electron chi connectivity index (χ2n) is 4.89. The van der Waals surface area contributed by atoms with Crippen LogP contribution in [0.3, 0.4) is 0 Å². The van der Waals surface area contributed by atoms with Gasteiger partial charge in [0.15, 0.2) is 0 Å². The molecule has 0 aliphatic carbocycles. The molecule has 0 bridgehead atoms. The number of amides is 2. The van der Waals surface area contributed by atoms with Crippen molar-refractivity contribution in [1.29, 1.82) is 0 Å². The van der Waals surface area contributed by atoms with E-state index in [-0.39, 0.29) is 11.3 Å². The summed E-state index contributed by atoms with van der Waals surface area (Å²) in [6.45, 7) is 1.78. The van der Waals surface area contributed by atoms with Crippen molar-refractivity contribution < 1.29 is 9.53 Å². The van der Waals surface area contributed by atoms with Gasteiger partial charge in [0.05, 0.1) is 7.11 Å². The smallest absolute Gasteiger partial charge is 0.326 e. The molecular formula is C15H15ClN4O2. The molecule has 1 saturated heterocycles. The molecule has 0 unspecified atom stereocenters. The number of halogens is 1. The molecular weight excluding hydrogens is 304 g/mol. The summed E-state index contributed by atoms with van der Waals surface area (Å²) in [5, 5.41) is 0.138. The van der Waals surface area contributed by atoms with Crippen molar-refractivity contribution in [2.45, 2.75) is 6.54 Å². The van der Waals surface area contributed by atoms with Crippen molar-refractivity contribution in [3.05, 3.63) is 47.4 Å². The van der Waals surface area contributed by atoms with Gasteiger partial charge in [-0.3, -0.25) is 4.90 Å². The lowest BCUT2D eigenvalue weighted by Gasteiger charge is -2.18. The number of methoxy groups -OCH3 is 1. The average Bonchev–Trinajstić information content (AvgIpc) is 2.89. The lowest BCUT2D eigenvalue weighted by atomic mass is 10.2. The lowest BCUT2D eigenvalue weighted by molar-refractivity contribution is 0.218. The number of hydrogen-bond donors (Lipinski definition) is 0. The van der Waals surface area contributed by atoms with Crippen LogP contribution in [0.1, 0.15) is 5.56 Å². The molecule has 3 rings (SSSR count). The maximum absolute atomic E-state index is 12.5. The molecule has 0 saturated carbocycles. The van der Waals surface area contributed by atoms with Crippen LogP contribution < -0.4 is 9.64 Å². The molecule has 1 aliphatic heterocycles. The van der Waals surface area contributed by atoms with Crippen LogP contribution in [0.5, 0.6) is 5.75 Å². The fourth-order valence-electron chi connectivity index (χ4n) is 2.37. The first-order valence-corrected chi connectivity index (χ1v) is 7.23. The molecule has 22 heavy (non-hydrogen) atoms. The third-order valence-electron chi connectivity index (χ3n) is 3.52. The van der Waals surface area contributed by atoms with Crippen molar-refractivity contribution in [3.63, 3.8) is 0 Å². The minimum Gasteiger partial charge on any atom is -0.497 e. The van der Waals surface area contributed by atoms with E-state index in [2.05, 4.69) is 9.97 Å². The van der Waals surface area contributed by atoms with Crippen LogP contribution in [0.15, 0.2) is 36.5 Å². The van der Waals surface area contributed by atoms with Crippen molar-refractivity contribution >= 4 is 23.4 Å². The maximum atomic E-state index is 12.5. The van der Waals surface area contributed by atoms with Crippen LogP contribution in [0.25, 0.3) is 0 Å². The number of ether oxygens (including phenoxy) is 1. The topological polar surface area (TPSA) is 58.6 Å². The van der Waals surface area contributed by atoms with E-state index >= 15 is 0 Å². The minimum atomic E-state index is -0.0782. The highest BCUT2D eigenvalue weighted by atomic mass is 35.5. The first-order chi connectivity index (χ1) is 10.7. The lowest BCUT2D eigenvalue weighted by Crippen LogP contribution is -2.32. The molecule has 0 N–H and O–H groups in total. The predicted octanol–water partition coefficient (Wildman–Crippen LogP) is 2.58. The molecule has 2 heterocycles. The molecule has 1 aliphatic rings. The number of benzene rings is 1. The van der Waals surface area contributed by atoms with Crippen LogP contribution >= 0.6 is 11.6 Å². The number of nitrogens with zero attached hydrogens (tertiary/aromatic N) is 4. The van der Waals surface area contributed by atoms with Gasteiger partial charge in [0, 0.05) is 25.8 Å². The fourth-order valence-corrected chi connectivity index (χ4v) is 2.51. The Morgan fingerprint density at radius 2 is 2.00 bits per heavy atom. The van der Waals surface area contributed by atoms with E-state index < -0.39 is 0 Å². The number of rotatable bonds is 4. The molecule has 2 amide bonds. The molecule has 0 atom stereocenters. The van der Waals surface area contributed by atoms with Gasteiger partial charge in [0.25, 0.3) is 0 Å². The number of hydrogen-bond acceptors (Lipinski definition) is 4. The van der Waals surface area contributed by atoms with Gasteiger partial charge in [0.2, 0.25) is 5.28 Å². The van der Waals surface area contributed by atoms with Crippen molar-refractivity contribution in [2.75, 3.05) is 25.1 Å². The summed E-state index contributed by atoms with van der Waals surface area (Å²) in [5.74, 6) is 1.33. The van der Waals surface area contributed by atoms with E-state index in [0.717, 1.165) is 11.3 Å². The summed E-state index contributed by atoms with van der Waals surface area (Å²) in [6.07, 6.45) is 1.55. The van der Waals surface area contributed by atoms with Crippen molar-refractivity contribution in [3.8, 4) is 5.75 Å². The number of carbonyl (C=O) groups excluding carboxylic acids is 1. The van der Waals surface area contributed by atoms with Crippen LogP contribution in [0, 0.1) is 0 Å². The van der Waals surface area contributed by atoms with Gasteiger partial charge in [-0.15, -0.1) is 0 Å². The fraction of sp³-hybridized carbons (Fsp3) is 0.267. The van der Waals surface area contributed by atoms with Crippen LogP contribution in [-0.2, 0) is 6.54 Å². The zero-order valence-electron chi connectivity index (χ0n) is 12.1. The van der Waals surface area contributed by atoms with Gasteiger partial charge in [-0.1, -0.05) is 12.1 Å². The largest absolute Gasteiger partial charge is 0.497 e. The third-order valence-corrected chi connectivity index (χ3v) is 3.70. The van der Waals surface area contributed by atoms with E-state index in [9.17, 15) is 4.79 Å². The average molecular weight is 319 g/mol. The first kappa shape index (κ1) is 14.6. The van der Waals surface area contributed by atoms with Gasteiger partial charge >= 0.3 is 6.03 Å². The zero-order valence-corrected chi connectivity index (χ0v) is 12.8. The minimum absolute atomic E-state index is 0.0782. The number of urea groups is 1. The van der Waals surface area contributed by atoms with Gasteiger partial charge in [-0.25, -0.2) is 14.8 Å². The predicted molar refractivity (Wildman–Crippen MR) is 83.2 cm³/mol. The number of carbonyl (C=O) groups is 1. The van der Waals surface area contributed by atoms with Crippen LogP contribution in [-0.4, -0.2) is 41.1 Å². The molecule has 0 spiro atoms. The second kappa shape index (κ2) is 6.19. The summed E-state index contributed by atoms with van der Waals surface area (Å²) in [5.41, 5.74) is 1.05. The second-order valence-corrected chi connectivity index (χ2v) is 5.23. The Hall–Kier alpha value is -2.34. The SMILES string of the molecule is COc1ccc(CN2CCN(c3ccnc(Cl)n3)C2=O)cc1. The summed E-state index contributed by atoms with van der Waals surface area (Å²) in [6, 6.07) is 9.29. The Balaban J connectivity index is 1.70. The number of aromatic nitrogens is 2. The Bertz CT molecular complexity index is 677. The summed E-state index contributed by atoms with van der Waals surface area (Å²) < 4.78 is 5.13. The Morgan fingerprint density at radius 1 is 1.23 bits per heavy atom. The molecule has 2 aromatic rings. The van der Waals surface area contributed by atoms with Crippen molar-refractivity contribution in [1.82, 2.24) is 14.9 Å². The zero-order chi connectivity index (χ0) is 15.5. The van der Waals surface area contributed by atoms with Crippen LogP contribution in [0.4, 0.5) is 10.6 Å². The standard InChI is InChI=1S/C15H15ClN4O2/c1-22-12-4-2-11(3-5-12)10-19-8-9-20(15(19)21)13-6-7-17-14(16)18-13/h2-7H,8-10H2,1H3. The third kappa shape index (κ3) is 2.96. The molecule has 114 valence electrons. The van der Waals surface area contributed by atoms with E-state index in [0.29, 0.717) is 25.5 Å². The molecule has 0 radical (unpaired) electrons. The highest BCUT2D eigenvalue weighted by Gasteiger charge is 2.30. The van der Waals surface area contributed by atoms with Crippen LogP contribution in [0.2, 0.25) is 5.28 Å². The molecule has 7 heteroatoms. The van der Waals surface area contributed by atoms with E-state index in [1.54, 1.807) is 29.2 Å². The normalized spacial score (nSPS) is 14.5. The molecule has 1 aromatic heterocycles. The molecule has 1 fully saturated rings. The van der Waals surface area contributed by atoms with Gasteiger partial charge in [-0.2, -0.15) is 0 Å². The summed E-state index contributed by atoms with van der Waals surface area (Å²) in [7, 11) is 1.63. The van der Waals surface area contributed by atoms with Gasteiger partial charge < -0.3 is 9.64 Å². The van der Waals surface area contributed by atoms with Gasteiger partial charge in [-0.05, 0) is 35.4 Å². The highest BCUT2D eigenvalue weighted by molar-refractivity contribution is 6.28. The number of anilines is 1. The quantitative estimate of drug-likeness (QED) is 0.813. The summed E-state index contributed by atoms with van der Waals surface area (Å²) >= 11 is 5.78. The van der Waals surface area contributed by atoms with E-state index in [1.807, 2.05) is 24.3 Å². The van der Waals surface area contributed by atoms with E-state index in [1.165, 1.54) is 0 Å². The Kier molecular flexibility index (Phi) is 4.11.